The van der Waals surface area contributed by atoms with Gasteiger partial charge in [-0.15, -0.1) is 0 Å². The van der Waals surface area contributed by atoms with E-state index in [1.165, 1.54) is 0 Å². The smallest absolute Gasteiger partial charge is 0.138 e. The van der Waals surface area contributed by atoms with Crippen molar-refractivity contribution in [3.8, 4) is 0 Å². The predicted molar refractivity (Wildman–Crippen MR) is 70.9 cm³/mol. The molecule has 0 spiro atoms. The lowest BCUT2D eigenvalue weighted by Gasteiger charge is -2.17. The molecule has 0 saturated heterocycles. The molecule has 0 aliphatic heterocycles. The van der Waals surface area contributed by atoms with Gasteiger partial charge in [-0.3, -0.25) is 16.0 Å². The van der Waals surface area contributed by atoms with E-state index in [1.54, 1.807) is 6.33 Å². The van der Waals surface area contributed by atoms with Gasteiger partial charge in [0.05, 0.1) is 6.04 Å². The molecule has 5 nitrogen and oxygen atoms in total. The molecule has 96 valence electrons. The van der Waals surface area contributed by atoms with Gasteiger partial charge in [0.2, 0.25) is 0 Å². The zero-order chi connectivity index (χ0) is 13.0. The number of hydrogen-bond acceptors (Lipinski definition) is 4. The fourth-order valence-corrected chi connectivity index (χ4v) is 2.18. The van der Waals surface area contributed by atoms with Gasteiger partial charge >= 0.3 is 0 Å². The van der Waals surface area contributed by atoms with E-state index in [4.69, 9.17) is 17.4 Å². The number of rotatable bonds is 5. The first kappa shape index (κ1) is 13.0. The second kappa shape index (κ2) is 5.95. The molecular formula is C12H16ClN5. The van der Waals surface area contributed by atoms with Crippen LogP contribution in [0.3, 0.4) is 0 Å². The van der Waals surface area contributed by atoms with Gasteiger partial charge in [0.25, 0.3) is 0 Å². The van der Waals surface area contributed by atoms with Crippen molar-refractivity contribution in [2.75, 3.05) is 0 Å². The Morgan fingerprint density at radius 3 is 2.89 bits per heavy atom. The maximum absolute atomic E-state index is 6.17. The summed E-state index contributed by atoms with van der Waals surface area (Å²) in [6.45, 7) is 2.81. The highest BCUT2D eigenvalue weighted by Gasteiger charge is 2.16. The minimum atomic E-state index is -0.0757. The third-order valence-electron chi connectivity index (χ3n) is 2.86. The first-order valence-corrected chi connectivity index (χ1v) is 6.21. The molecule has 0 amide bonds. The van der Waals surface area contributed by atoms with Gasteiger partial charge in [-0.2, -0.15) is 5.10 Å². The second-order valence-corrected chi connectivity index (χ2v) is 4.34. The number of aryl methyl sites for hydroxylation is 1. The summed E-state index contributed by atoms with van der Waals surface area (Å²) in [6.07, 6.45) is 2.20. The highest BCUT2D eigenvalue weighted by atomic mass is 35.5. The number of nitrogens with one attached hydrogen (secondary N) is 1. The number of nitrogens with two attached hydrogens (primary N) is 1. The highest BCUT2D eigenvalue weighted by molar-refractivity contribution is 6.31. The van der Waals surface area contributed by atoms with E-state index in [0.29, 0.717) is 11.4 Å². The Kier molecular flexibility index (Phi) is 4.30. The quantitative estimate of drug-likeness (QED) is 0.638. The Balaban J connectivity index is 2.23. The van der Waals surface area contributed by atoms with E-state index < -0.39 is 0 Å². The Bertz CT molecular complexity index is 511. The lowest BCUT2D eigenvalue weighted by Crippen LogP contribution is -2.30. The molecule has 1 unspecified atom stereocenters. The number of nitrogens with zero attached hydrogens (tertiary/aromatic N) is 3. The maximum atomic E-state index is 6.17. The first-order valence-electron chi connectivity index (χ1n) is 5.83. The van der Waals surface area contributed by atoms with Crippen LogP contribution in [0.25, 0.3) is 0 Å². The molecule has 1 atom stereocenters. The molecule has 0 bridgehead atoms. The normalized spacial score (nSPS) is 12.6. The molecule has 0 radical (unpaired) electrons. The maximum Gasteiger partial charge on any atom is 0.138 e. The fourth-order valence-electron chi connectivity index (χ4n) is 1.91. The third-order valence-corrected chi connectivity index (χ3v) is 3.21. The summed E-state index contributed by atoms with van der Waals surface area (Å²) in [7, 11) is 0. The standard InChI is InChI=1S/C12H16ClN5/c1-2-18-12(15-8-16-18)7-11(17-14)9-5-3-4-6-10(9)13/h3-6,8,11,17H,2,7,14H2,1H3. The van der Waals surface area contributed by atoms with Crippen LogP contribution in [0.4, 0.5) is 0 Å². The van der Waals surface area contributed by atoms with E-state index in [-0.39, 0.29) is 6.04 Å². The van der Waals surface area contributed by atoms with Crippen molar-refractivity contribution in [2.24, 2.45) is 5.84 Å². The zero-order valence-corrected chi connectivity index (χ0v) is 10.9. The molecule has 1 aromatic heterocycles. The average molecular weight is 266 g/mol. The third kappa shape index (κ3) is 2.69. The van der Waals surface area contributed by atoms with E-state index >= 15 is 0 Å². The molecule has 2 aromatic rings. The van der Waals surface area contributed by atoms with Crippen LogP contribution in [-0.2, 0) is 13.0 Å². The Labute approximate surface area is 111 Å². The van der Waals surface area contributed by atoms with Crippen LogP contribution in [-0.4, -0.2) is 14.8 Å². The van der Waals surface area contributed by atoms with Gasteiger partial charge in [0, 0.05) is 18.0 Å². The van der Waals surface area contributed by atoms with Crippen molar-refractivity contribution in [2.45, 2.75) is 25.9 Å². The van der Waals surface area contributed by atoms with Crippen molar-refractivity contribution >= 4 is 11.6 Å². The minimum absolute atomic E-state index is 0.0757. The van der Waals surface area contributed by atoms with Crippen molar-refractivity contribution < 1.29 is 0 Å². The van der Waals surface area contributed by atoms with Crippen LogP contribution in [0.5, 0.6) is 0 Å². The average Bonchev–Trinajstić information content (AvgIpc) is 2.84. The Morgan fingerprint density at radius 1 is 1.44 bits per heavy atom. The van der Waals surface area contributed by atoms with Crippen molar-refractivity contribution in [3.63, 3.8) is 0 Å². The molecule has 0 aliphatic carbocycles. The van der Waals surface area contributed by atoms with Crippen LogP contribution < -0.4 is 11.3 Å². The molecule has 0 saturated carbocycles. The van der Waals surface area contributed by atoms with Gasteiger partial charge in [-0.1, -0.05) is 29.8 Å². The summed E-state index contributed by atoms with van der Waals surface area (Å²) < 4.78 is 1.85. The minimum Gasteiger partial charge on any atom is -0.271 e. The predicted octanol–water partition coefficient (Wildman–Crippen LogP) is 1.70. The summed E-state index contributed by atoms with van der Waals surface area (Å²) in [6, 6.07) is 7.57. The van der Waals surface area contributed by atoms with E-state index in [2.05, 4.69) is 15.5 Å². The van der Waals surface area contributed by atoms with Crippen LogP contribution in [0.1, 0.15) is 24.4 Å². The van der Waals surface area contributed by atoms with Crippen LogP contribution in [0, 0.1) is 0 Å². The van der Waals surface area contributed by atoms with Gasteiger partial charge < -0.3 is 0 Å². The van der Waals surface area contributed by atoms with E-state index in [9.17, 15) is 0 Å². The molecule has 0 aliphatic rings. The fraction of sp³-hybridized carbons (Fsp3) is 0.333. The van der Waals surface area contributed by atoms with Crippen LogP contribution in [0.2, 0.25) is 5.02 Å². The van der Waals surface area contributed by atoms with Gasteiger partial charge in [-0.05, 0) is 18.6 Å². The van der Waals surface area contributed by atoms with E-state index in [1.807, 2.05) is 35.9 Å². The molecule has 6 heteroatoms. The summed E-state index contributed by atoms with van der Waals surface area (Å²) in [5.41, 5.74) is 3.75. The number of halogens is 1. The number of benzene rings is 1. The summed E-state index contributed by atoms with van der Waals surface area (Å²) >= 11 is 6.17. The first-order chi connectivity index (χ1) is 8.76. The number of aromatic nitrogens is 3. The van der Waals surface area contributed by atoms with Gasteiger partial charge in [0.1, 0.15) is 12.2 Å². The van der Waals surface area contributed by atoms with E-state index in [0.717, 1.165) is 17.9 Å². The molecule has 1 aromatic carbocycles. The molecule has 1 heterocycles. The second-order valence-electron chi connectivity index (χ2n) is 3.94. The molecule has 18 heavy (non-hydrogen) atoms. The Morgan fingerprint density at radius 2 is 2.22 bits per heavy atom. The summed E-state index contributed by atoms with van der Waals surface area (Å²) in [5.74, 6) is 6.50. The topological polar surface area (TPSA) is 68.8 Å². The number of hydrogen-bond donors (Lipinski definition) is 2. The molecular weight excluding hydrogens is 250 g/mol. The summed E-state index contributed by atoms with van der Waals surface area (Å²) in [4.78, 5) is 4.24. The van der Waals surface area contributed by atoms with Crippen molar-refractivity contribution in [1.29, 1.82) is 0 Å². The zero-order valence-electron chi connectivity index (χ0n) is 10.2. The number of hydrazine groups is 1. The molecule has 0 fully saturated rings. The lowest BCUT2D eigenvalue weighted by atomic mass is 10.0. The van der Waals surface area contributed by atoms with Crippen LogP contribution >= 0.6 is 11.6 Å². The van der Waals surface area contributed by atoms with Crippen molar-refractivity contribution in [1.82, 2.24) is 20.2 Å². The van der Waals surface area contributed by atoms with Crippen LogP contribution in [0.15, 0.2) is 30.6 Å². The highest BCUT2D eigenvalue weighted by Crippen LogP contribution is 2.24. The lowest BCUT2D eigenvalue weighted by molar-refractivity contribution is 0.510. The van der Waals surface area contributed by atoms with Crippen molar-refractivity contribution in [3.05, 3.63) is 47.0 Å². The van der Waals surface area contributed by atoms with Gasteiger partial charge in [-0.25, -0.2) is 4.98 Å². The monoisotopic (exact) mass is 265 g/mol. The SMILES string of the molecule is CCn1ncnc1CC(NN)c1ccccc1Cl. The van der Waals surface area contributed by atoms with Gasteiger partial charge in [0.15, 0.2) is 0 Å². The summed E-state index contributed by atoms with van der Waals surface area (Å²) in [5, 5.41) is 4.84. The Hall–Kier alpha value is -1.43. The molecule has 3 N–H and O–H groups in total. The molecule has 2 rings (SSSR count). The largest absolute Gasteiger partial charge is 0.271 e.